The Morgan fingerprint density at radius 1 is 1.39 bits per heavy atom. The quantitative estimate of drug-likeness (QED) is 0.928. The number of carbonyl (C=O) groups excluding carboxylic acids is 1. The molecule has 0 aromatic carbocycles. The van der Waals surface area contributed by atoms with Crippen LogP contribution in [0.5, 0.6) is 0 Å². The molecule has 23 heavy (non-hydrogen) atoms. The van der Waals surface area contributed by atoms with E-state index in [1.165, 1.54) is 25.7 Å². The fraction of sp³-hybridized carbons (Fsp3) is 0.556. The number of imidazole rings is 1. The van der Waals surface area contributed by atoms with Crippen LogP contribution in [0.15, 0.2) is 18.3 Å². The monoisotopic (exact) mass is 331 g/mol. The maximum Gasteiger partial charge on any atom is 0.270 e. The Kier molecular flexibility index (Phi) is 3.60. The number of rotatable bonds is 3. The topological polar surface area (TPSA) is 46.4 Å². The van der Waals surface area contributed by atoms with Crippen molar-refractivity contribution in [3.05, 3.63) is 34.7 Å². The van der Waals surface area contributed by atoms with Crippen molar-refractivity contribution in [1.82, 2.24) is 14.7 Å². The molecule has 0 radical (unpaired) electrons. The summed E-state index contributed by atoms with van der Waals surface area (Å²) in [4.78, 5) is 17.3. The summed E-state index contributed by atoms with van der Waals surface area (Å²) in [5.41, 5.74) is 2.09. The van der Waals surface area contributed by atoms with Crippen molar-refractivity contribution in [2.75, 3.05) is 0 Å². The molecule has 4 atom stereocenters. The summed E-state index contributed by atoms with van der Waals surface area (Å²) in [6.07, 6.45) is 7.10. The number of fused-ring (bicyclic) bond motifs is 3. The highest BCUT2D eigenvalue weighted by Gasteiger charge is 2.42. The smallest absolute Gasteiger partial charge is 0.270 e. The van der Waals surface area contributed by atoms with E-state index in [9.17, 15) is 4.79 Å². The first-order valence-corrected chi connectivity index (χ1v) is 8.86. The molecule has 2 bridgehead atoms. The molecule has 1 amide bonds. The van der Waals surface area contributed by atoms with Gasteiger partial charge in [-0.2, -0.15) is 0 Å². The van der Waals surface area contributed by atoms with Crippen molar-refractivity contribution in [2.45, 2.75) is 45.6 Å². The minimum Gasteiger partial charge on any atom is -0.348 e. The number of hydrogen-bond donors (Lipinski definition) is 1. The molecule has 2 saturated carbocycles. The molecule has 1 N–H and O–H groups in total. The Morgan fingerprint density at radius 2 is 2.22 bits per heavy atom. The zero-order valence-electron chi connectivity index (χ0n) is 13.6. The Morgan fingerprint density at radius 3 is 2.91 bits per heavy atom. The van der Waals surface area contributed by atoms with Gasteiger partial charge in [-0.05, 0) is 63.0 Å². The number of amides is 1. The zero-order chi connectivity index (χ0) is 16.1. The summed E-state index contributed by atoms with van der Waals surface area (Å²) >= 11 is 6.08. The van der Waals surface area contributed by atoms with Gasteiger partial charge in [0, 0.05) is 12.2 Å². The van der Waals surface area contributed by atoms with E-state index in [1.807, 2.05) is 13.0 Å². The second kappa shape index (κ2) is 5.52. The summed E-state index contributed by atoms with van der Waals surface area (Å²) in [5, 5.41) is 3.82. The van der Waals surface area contributed by atoms with Crippen LogP contribution in [0, 0.1) is 24.7 Å². The van der Waals surface area contributed by atoms with Crippen LogP contribution in [0.2, 0.25) is 5.02 Å². The van der Waals surface area contributed by atoms with Crippen molar-refractivity contribution < 1.29 is 4.79 Å². The third-order valence-electron chi connectivity index (χ3n) is 5.77. The summed E-state index contributed by atoms with van der Waals surface area (Å²) in [6, 6.07) is 3.84. The van der Waals surface area contributed by atoms with E-state index in [-0.39, 0.29) is 11.9 Å². The van der Waals surface area contributed by atoms with Crippen molar-refractivity contribution in [3.8, 4) is 0 Å². The van der Waals surface area contributed by atoms with E-state index < -0.39 is 0 Å². The number of nitrogens with zero attached hydrogens (tertiary/aromatic N) is 2. The van der Waals surface area contributed by atoms with Crippen molar-refractivity contribution in [3.63, 3.8) is 0 Å². The van der Waals surface area contributed by atoms with Gasteiger partial charge in [-0.15, -0.1) is 0 Å². The highest BCUT2D eigenvalue weighted by Crippen LogP contribution is 2.49. The standard InChI is InChI=1S/C18H22ClN3O/c1-10(15-8-12-3-4-13(15)7-12)21-18(23)17-11(2)20-16-6-5-14(19)9-22(16)17/h5-6,9-10,12-13,15H,3-4,7-8H2,1-2H3,(H,21,23). The van der Waals surface area contributed by atoms with Gasteiger partial charge >= 0.3 is 0 Å². The Balaban J connectivity index is 1.57. The SMILES string of the molecule is Cc1nc2ccc(Cl)cn2c1C(=O)NC(C)C1CC2CCC1C2. The fourth-order valence-corrected chi connectivity index (χ4v) is 4.86. The van der Waals surface area contributed by atoms with Gasteiger partial charge in [0.05, 0.1) is 10.7 Å². The first kappa shape index (κ1) is 15.0. The fourth-order valence-electron chi connectivity index (χ4n) is 4.70. The van der Waals surface area contributed by atoms with Crippen LogP contribution in [-0.4, -0.2) is 21.3 Å². The van der Waals surface area contributed by atoms with Crippen LogP contribution in [0.4, 0.5) is 0 Å². The molecule has 0 spiro atoms. The maximum atomic E-state index is 12.8. The number of nitrogens with one attached hydrogen (secondary N) is 1. The van der Waals surface area contributed by atoms with Gasteiger partial charge in [-0.3, -0.25) is 9.20 Å². The van der Waals surface area contributed by atoms with E-state index in [0.29, 0.717) is 16.6 Å². The average molecular weight is 332 g/mol. The zero-order valence-corrected chi connectivity index (χ0v) is 14.3. The summed E-state index contributed by atoms with van der Waals surface area (Å²) in [6.45, 7) is 4.02. The first-order valence-electron chi connectivity index (χ1n) is 8.48. The molecule has 2 aliphatic carbocycles. The molecule has 122 valence electrons. The summed E-state index contributed by atoms with van der Waals surface area (Å²) in [5.74, 6) is 2.27. The minimum absolute atomic E-state index is 0.0486. The number of aromatic nitrogens is 2. The van der Waals surface area contributed by atoms with E-state index in [1.54, 1.807) is 16.7 Å². The van der Waals surface area contributed by atoms with E-state index in [4.69, 9.17) is 11.6 Å². The van der Waals surface area contributed by atoms with Gasteiger partial charge in [0.25, 0.3) is 5.91 Å². The average Bonchev–Trinajstić information content (AvgIpc) is 3.19. The Labute approximate surface area is 141 Å². The summed E-state index contributed by atoms with van der Waals surface area (Å²) in [7, 11) is 0. The third-order valence-corrected chi connectivity index (χ3v) is 5.99. The molecule has 2 aliphatic rings. The maximum absolute atomic E-state index is 12.8. The number of carbonyl (C=O) groups is 1. The second-order valence-electron chi connectivity index (χ2n) is 7.22. The van der Waals surface area contributed by atoms with Gasteiger partial charge in [0.15, 0.2) is 0 Å². The van der Waals surface area contributed by atoms with Crippen LogP contribution in [0.1, 0.15) is 48.8 Å². The lowest BCUT2D eigenvalue weighted by Crippen LogP contribution is -2.40. The number of aryl methyl sites for hydroxylation is 1. The van der Waals surface area contributed by atoms with Gasteiger partial charge < -0.3 is 5.32 Å². The lowest BCUT2D eigenvalue weighted by atomic mass is 9.84. The molecule has 2 aromatic rings. The third kappa shape index (κ3) is 2.53. The molecule has 5 heteroatoms. The highest BCUT2D eigenvalue weighted by atomic mass is 35.5. The van der Waals surface area contributed by atoms with E-state index >= 15 is 0 Å². The van der Waals surface area contributed by atoms with Gasteiger partial charge in [0.2, 0.25) is 0 Å². The molecule has 2 aromatic heterocycles. The first-order chi connectivity index (χ1) is 11.0. The van der Waals surface area contributed by atoms with Crippen molar-refractivity contribution in [1.29, 1.82) is 0 Å². The van der Waals surface area contributed by atoms with Crippen LogP contribution < -0.4 is 5.32 Å². The molecule has 4 rings (SSSR count). The number of hydrogen-bond acceptors (Lipinski definition) is 2. The van der Waals surface area contributed by atoms with Crippen LogP contribution in [0.25, 0.3) is 5.65 Å². The molecular formula is C18H22ClN3O. The highest BCUT2D eigenvalue weighted by molar-refractivity contribution is 6.30. The second-order valence-corrected chi connectivity index (χ2v) is 7.66. The molecule has 2 fully saturated rings. The van der Waals surface area contributed by atoms with Gasteiger partial charge in [-0.1, -0.05) is 18.0 Å². The summed E-state index contributed by atoms with van der Waals surface area (Å²) < 4.78 is 1.79. The largest absolute Gasteiger partial charge is 0.348 e. The molecular weight excluding hydrogens is 310 g/mol. The van der Waals surface area contributed by atoms with E-state index in [0.717, 1.165) is 23.2 Å². The lowest BCUT2D eigenvalue weighted by Gasteiger charge is -2.28. The predicted molar refractivity (Wildman–Crippen MR) is 90.8 cm³/mol. The van der Waals surface area contributed by atoms with Crippen molar-refractivity contribution >= 4 is 23.2 Å². The predicted octanol–water partition coefficient (Wildman–Crippen LogP) is 3.85. The number of halogens is 1. The molecule has 4 nitrogen and oxygen atoms in total. The van der Waals surface area contributed by atoms with Crippen LogP contribution in [0.3, 0.4) is 0 Å². The van der Waals surface area contributed by atoms with Gasteiger partial charge in [0.1, 0.15) is 11.3 Å². The lowest BCUT2D eigenvalue weighted by molar-refractivity contribution is 0.0908. The van der Waals surface area contributed by atoms with Gasteiger partial charge in [-0.25, -0.2) is 4.98 Å². The van der Waals surface area contributed by atoms with Crippen molar-refractivity contribution in [2.24, 2.45) is 17.8 Å². The number of pyridine rings is 1. The van der Waals surface area contributed by atoms with E-state index in [2.05, 4.69) is 17.2 Å². The Hall–Kier alpha value is -1.55. The Bertz CT molecular complexity index is 769. The molecule has 0 saturated heterocycles. The van der Waals surface area contributed by atoms with Crippen LogP contribution >= 0.6 is 11.6 Å². The molecule has 4 unspecified atom stereocenters. The molecule has 0 aliphatic heterocycles. The normalized spacial score (nSPS) is 27.5. The minimum atomic E-state index is -0.0486. The molecule has 2 heterocycles. The van der Waals surface area contributed by atoms with Crippen LogP contribution in [-0.2, 0) is 0 Å².